The lowest BCUT2D eigenvalue weighted by molar-refractivity contribution is -0.133. The van der Waals surface area contributed by atoms with Crippen LogP contribution in [0.2, 0.25) is 0 Å². The summed E-state index contributed by atoms with van der Waals surface area (Å²) in [6.45, 7) is 2.25. The Balaban J connectivity index is 2.93. The second kappa shape index (κ2) is 8.38. The lowest BCUT2D eigenvalue weighted by Crippen LogP contribution is -2.42. The largest absolute Gasteiger partial charge is 0.330 e. The van der Waals surface area contributed by atoms with E-state index in [4.69, 9.17) is 17.3 Å². The first-order valence-corrected chi connectivity index (χ1v) is 8.67. The van der Waals surface area contributed by atoms with Crippen LogP contribution in [0, 0.1) is 6.92 Å². The Labute approximate surface area is 135 Å². The molecular weight excluding hydrogens is 328 g/mol. The van der Waals surface area contributed by atoms with Crippen LogP contribution in [0.25, 0.3) is 0 Å². The quantitative estimate of drug-likeness (QED) is 0.395. The van der Waals surface area contributed by atoms with Gasteiger partial charge < -0.3 is 5.73 Å². The van der Waals surface area contributed by atoms with Crippen molar-refractivity contribution >= 4 is 32.6 Å². The maximum Gasteiger partial charge on any atom is 0.289 e. The number of hydrogen-bond donors (Lipinski definition) is 2. The van der Waals surface area contributed by atoms with Crippen molar-refractivity contribution in [3.63, 3.8) is 0 Å². The number of unbranched alkanes of at least 4 members (excludes halogenated alkanes) is 1. The number of carbonyl (C=O) groups is 2. The lowest BCUT2D eigenvalue weighted by Gasteiger charge is -2.16. The number of carbonyl (C=O) groups excluding carboxylic acids is 2. The van der Waals surface area contributed by atoms with Crippen molar-refractivity contribution in [2.75, 3.05) is 6.54 Å². The number of aryl methyl sites for hydroxylation is 1. The van der Waals surface area contributed by atoms with Crippen molar-refractivity contribution in [3.8, 4) is 0 Å². The van der Waals surface area contributed by atoms with Crippen LogP contribution in [0.5, 0.6) is 0 Å². The van der Waals surface area contributed by atoms with E-state index < -0.39 is 27.1 Å². The number of sulfonamides is 1. The van der Waals surface area contributed by atoms with Crippen LogP contribution in [-0.4, -0.2) is 32.0 Å². The monoisotopic (exact) mass is 346 g/mol. The summed E-state index contributed by atoms with van der Waals surface area (Å²) < 4.78 is 26.8. The molecule has 6 nitrogen and oxygen atoms in total. The number of halogens is 1. The van der Waals surface area contributed by atoms with Gasteiger partial charge in [0, 0.05) is 0 Å². The van der Waals surface area contributed by atoms with Gasteiger partial charge in [0.25, 0.3) is 5.24 Å². The molecule has 0 saturated carbocycles. The highest BCUT2D eigenvalue weighted by atomic mass is 35.5. The molecule has 0 heterocycles. The first-order valence-electron chi connectivity index (χ1n) is 6.80. The van der Waals surface area contributed by atoms with Crippen LogP contribution in [0.4, 0.5) is 0 Å². The fourth-order valence-electron chi connectivity index (χ4n) is 1.85. The van der Waals surface area contributed by atoms with E-state index >= 15 is 0 Å². The normalized spacial score (nSPS) is 12.9. The topological polar surface area (TPSA) is 106 Å². The zero-order valence-corrected chi connectivity index (χ0v) is 13.8. The van der Waals surface area contributed by atoms with Crippen LogP contribution in [0.15, 0.2) is 29.2 Å². The summed E-state index contributed by atoms with van der Waals surface area (Å²) in [4.78, 5) is 22.8. The molecule has 122 valence electrons. The van der Waals surface area contributed by atoms with Crippen molar-refractivity contribution in [3.05, 3.63) is 29.8 Å². The van der Waals surface area contributed by atoms with Crippen molar-refractivity contribution in [2.24, 2.45) is 5.73 Å². The molecule has 0 unspecified atom stereocenters. The Kier molecular flexibility index (Phi) is 7.15. The highest BCUT2D eigenvalue weighted by Crippen LogP contribution is 2.13. The van der Waals surface area contributed by atoms with E-state index in [2.05, 4.69) is 4.72 Å². The van der Waals surface area contributed by atoms with Gasteiger partial charge in [0.15, 0.2) is 0 Å². The minimum atomic E-state index is -3.90. The average Bonchev–Trinajstić information content (AvgIpc) is 2.46. The summed E-state index contributed by atoms with van der Waals surface area (Å²) in [6, 6.07) is 4.98. The van der Waals surface area contributed by atoms with Gasteiger partial charge >= 0.3 is 0 Å². The minimum absolute atomic E-state index is 0.0248. The molecule has 0 spiro atoms. The molecule has 0 bridgehead atoms. The molecule has 0 fully saturated rings. The number of rotatable bonds is 9. The van der Waals surface area contributed by atoms with E-state index in [1.165, 1.54) is 12.1 Å². The first-order chi connectivity index (χ1) is 10.3. The van der Waals surface area contributed by atoms with Gasteiger partial charge in [-0.25, -0.2) is 13.1 Å². The molecule has 22 heavy (non-hydrogen) atoms. The maximum absolute atomic E-state index is 12.3. The van der Waals surface area contributed by atoms with Crippen LogP contribution in [-0.2, 0) is 19.6 Å². The molecule has 0 aliphatic heterocycles. The van der Waals surface area contributed by atoms with Gasteiger partial charge in [-0.05, 0) is 50.0 Å². The number of nitrogens with two attached hydrogens (primary N) is 1. The molecule has 3 N–H and O–H groups in total. The van der Waals surface area contributed by atoms with Crippen molar-refractivity contribution < 1.29 is 18.0 Å². The smallest absolute Gasteiger partial charge is 0.289 e. The van der Waals surface area contributed by atoms with E-state index in [9.17, 15) is 18.0 Å². The summed E-state index contributed by atoms with van der Waals surface area (Å²) in [5, 5.41) is -1.19. The van der Waals surface area contributed by atoms with Crippen LogP contribution >= 0.6 is 11.6 Å². The lowest BCUT2D eigenvalue weighted by atomic mass is 10.1. The Morgan fingerprint density at radius 3 is 2.32 bits per heavy atom. The molecular formula is C14H19ClN2O4S. The molecule has 8 heteroatoms. The van der Waals surface area contributed by atoms with Crippen molar-refractivity contribution in [1.82, 2.24) is 4.72 Å². The molecule has 0 aliphatic carbocycles. The fraction of sp³-hybridized carbons (Fsp3) is 0.429. The van der Waals surface area contributed by atoms with Crippen LogP contribution in [0.3, 0.4) is 0 Å². The number of benzene rings is 1. The number of Topliss-reactive ketones (excluding diaryl/α,β-unsaturated/α-hetero) is 1. The third kappa shape index (κ3) is 5.49. The minimum Gasteiger partial charge on any atom is -0.330 e. The summed E-state index contributed by atoms with van der Waals surface area (Å²) in [7, 11) is -3.90. The fourth-order valence-corrected chi connectivity index (χ4v) is 3.21. The van der Waals surface area contributed by atoms with Gasteiger partial charge in [-0.3, -0.25) is 9.59 Å². The molecule has 0 radical (unpaired) electrons. The molecule has 0 amide bonds. The van der Waals surface area contributed by atoms with Gasteiger partial charge in [0.2, 0.25) is 15.8 Å². The van der Waals surface area contributed by atoms with Crippen molar-refractivity contribution in [1.29, 1.82) is 0 Å². The standard InChI is InChI=1S/C14H19ClN2O4S/c1-10-5-7-11(8-6-10)22(20,21)17-12(4-2-3-9-16)13(18)14(15)19/h5-8,12,17H,2-4,9,16H2,1H3/t12-/m0/s1. The van der Waals surface area contributed by atoms with E-state index in [0.29, 0.717) is 19.4 Å². The van der Waals surface area contributed by atoms with Crippen molar-refractivity contribution in [2.45, 2.75) is 37.1 Å². The zero-order valence-electron chi connectivity index (χ0n) is 12.2. The highest BCUT2D eigenvalue weighted by Gasteiger charge is 2.28. The van der Waals surface area contributed by atoms with Gasteiger partial charge in [-0.2, -0.15) is 0 Å². The second-order valence-corrected chi connectivity index (χ2v) is 6.97. The Morgan fingerprint density at radius 1 is 1.23 bits per heavy atom. The Bertz CT molecular complexity index is 629. The Hall–Kier alpha value is -1.28. The van der Waals surface area contributed by atoms with Gasteiger partial charge in [-0.15, -0.1) is 0 Å². The Morgan fingerprint density at radius 2 is 1.82 bits per heavy atom. The number of nitrogens with one attached hydrogen (secondary N) is 1. The number of ketones is 1. The molecule has 1 atom stereocenters. The first kappa shape index (κ1) is 18.8. The maximum atomic E-state index is 12.3. The highest BCUT2D eigenvalue weighted by molar-refractivity contribution is 7.89. The molecule has 1 rings (SSSR count). The van der Waals surface area contributed by atoms with Gasteiger partial charge in [-0.1, -0.05) is 24.1 Å². The SMILES string of the molecule is Cc1ccc(S(=O)(=O)N[C@@H](CCCCN)C(=O)C(=O)Cl)cc1. The van der Waals surface area contributed by atoms with Crippen LogP contribution < -0.4 is 10.5 Å². The molecule has 0 aromatic heterocycles. The van der Waals surface area contributed by atoms with E-state index in [1.807, 2.05) is 6.92 Å². The zero-order chi connectivity index (χ0) is 16.8. The molecule has 1 aromatic carbocycles. The van der Waals surface area contributed by atoms with E-state index in [1.54, 1.807) is 12.1 Å². The summed E-state index contributed by atoms with van der Waals surface area (Å²) in [6.07, 6.45) is 1.29. The average molecular weight is 347 g/mol. The third-order valence-corrected chi connectivity index (χ3v) is 4.76. The molecule has 0 saturated heterocycles. The van der Waals surface area contributed by atoms with Gasteiger partial charge in [0.1, 0.15) is 0 Å². The molecule has 0 aliphatic rings. The van der Waals surface area contributed by atoms with Crippen LogP contribution in [0.1, 0.15) is 24.8 Å². The predicted octanol–water partition coefficient (Wildman–Crippen LogP) is 1.11. The third-order valence-electron chi connectivity index (χ3n) is 3.09. The summed E-state index contributed by atoms with van der Waals surface area (Å²) in [5.74, 6) is -0.964. The number of hydrogen-bond acceptors (Lipinski definition) is 5. The van der Waals surface area contributed by atoms with E-state index in [-0.39, 0.29) is 11.3 Å². The second-order valence-electron chi connectivity index (χ2n) is 4.91. The summed E-state index contributed by atoms with van der Waals surface area (Å²) >= 11 is 5.18. The summed E-state index contributed by atoms with van der Waals surface area (Å²) in [5.41, 5.74) is 6.27. The van der Waals surface area contributed by atoms with E-state index in [0.717, 1.165) is 5.56 Å². The predicted molar refractivity (Wildman–Crippen MR) is 84.1 cm³/mol. The van der Waals surface area contributed by atoms with Gasteiger partial charge in [0.05, 0.1) is 10.9 Å². The molecule has 1 aromatic rings.